The van der Waals surface area contributed by atoms with Gasteiger partial charge in [0.05, 0.1) is 16.1 Å². The lowest BCUT2D eigenvalue weighted by molar-refractivity contribution is 0.182. The molecule has 0 saturated carbocycles. The highest BCUT2D eigenvalue weighted by atomic mass is 32.1. The second-order valence-corrected chi connectivity index (χ2v) is 5.34. The molecule has 0 bridgehead atoms. The van der Waals surface area contributed by atoms with Gasteiger partial charge in [-0.25, -0.2) is 9.37 Å². The van der Waals surface area contributed by atoms with Crippen LogP contribution in [-0.4, -0.2) is 16.6 Å². The van der Waals surface area contributed by atoms with Crippen molar-refractivity contribution in [2.45, 2.75) is 20.0 Å². The molecule has 0 radical (unpaired) electrons. The van der Waals surface area contributed by atoms with E-state index in [0.717, 1.165) is 10.9 Å². The number of thiophene rings is 1. The van der Waals surface area contributed by atoms with E-state index in [-0.39, 0.29) is 12.4 Å². The van der Waals surface area contributed by atoms with E-state index < -0.39 is 6.10 Å². The molecule has 5 heteroatoms. The maximum atomic E-state index is 13.7. The number of aliphatic hydroxyl groups is 1. The van der Waals surface area contributed by atoms with Crippen LogP contribution in [0.15, 0.2) is 41.8 Å². The molecule has 3 aromatic rings. The molecule has 0 saturated heterocycles. The first kappa shape index (κ1) is 16.5. The lowest BCUT2D eigenvalue weighted by Crippen LogP contribution is -2.12. The summed E-state index contributed by atoms with van der Waals surface area (Å²) in [5.41, 5.74) is 7.56. The summed E-state index contributed by atoms with van der Waals surface area (Å²) in [5, 5.41) is 12.5. The molecule has 3 nitrogen and oxygen atoms in total. The molecular formula is C17H19FN2OS. The van der Waals surface area contributed by atoms with Crippen LogP contribution in [0.3, 0.4) is 0 Å². The molecule has 1 atom stereocenters. The summed E-state index contributed by atoms with van der Waals surface area (Å²) in [6.45, 7) is 4.12. The normalized spacial score (nSPS) is 11.9. The number of aromatic nitrogens is 1. The standard InChI is InChI=1S/C15H13FN2OS.C2H6/c16-11-4-1-3-9-10(8-20-15(9)11)12-5-2-6-13(18-12)14(19)7-17;1-2/h1-6,8,14,19H,7,17H2;1-2H3. The van der Waals surface area contributed by atoms with Gasteiger partial charge in [0.15, 0.2) is 0 Å². The Kier molecular flexibility index (Phi) is 5.60. The molecule has 0 aliphatic heterocycles. The number of nitrogens with zero attached hydrogens (tertiary/aromatic N) is 1. The van der Waals surface area contributed by atoms with Crippen molar-refractivity contribution in [3.8, 4) is 11.3 Å². The Hall–Kier alpha value is -1.82. The van der Waals surface area contributed by atoms with Crippen LogP contribution in [0.1, 0.15) is 25.6 Å². The molecule has 22 heavy (non-hydrogen) atoms. The fraction of sp³-hybridized carbons (Fsp3) is 0.235. The molecule has 1 unspecified atom stereocenters. The number of aliphatic hydroxyl groups excluding tert-OH is 1. The minimum Gasteiger partial charge on any atom is -0.385 e. The Morgan fingerprint density at radius 3 is 2.68 bits per heavy atom. The smallest absolute Gasteiger partial charge is 0.141 e. The summed E-state index contributed by atoms with van der Waals surface area (Å²) in [4.78, 5) is 4.42. The van der Waals surface area contributed by atoms with E-state index in [1.54, 1.807) is 12.1 Å². The topological polar surface area (TPSA) is 59.1 Å². The van der Waals surface area contributed by atoms with Crippen LogP contribution in [0, 0.1) is 5.82 Å². The van der Waals surface area contributed by atoms with E-state index >= 15 is 0 Å². The maximum absolute atomic E-state index is 13.7. The molecule has 2 aromatic heterocycles. The van der Waals surface area contributed by atoms with Gasteiger partial charge in [-0.05, 0) is 18.2 Å². The van der Waals surface area contributed by atoms with Gasteiger partial charge in [0.1, 0.15) is 11.9 Å². The van der Waals surface area contributed by atoms with Gasteiger partial charge in [0, 0.05) is 22.9 Å². The summed E-state index contributed by atoms with van der Waals surface area (Å²) in [7, 11) is 0. The molecule has 0 aliphatic rings. The van der Waals surface area contributed by atoms with E-state index in [0.29, 0.717) is 16.1 Å². The summed E-state index contributed by atoms with van der Waals surface area (Å²) in [5.74, 6) is -0.225. The van der Waals surface area contributed by atoms with Crippen LogP contribution in [0.4, 0.5) is 4.39 Å². The Balaban J connectivity index is 0.000000847. The molecular weight excluding hydrogens is 299 g/mol. The van der Waals surface area contributed by atoms with Crippen molar-refractivity contribution in [3.63, 3.8) is 0 Å². The lowest BCUT2D eigenvalue weighted by Gasteiger charge is -2.08. The molecule has 2 heterocycles. The predicted octanol–water partition coefficient (Wildman–Crippen LogP) is 4.12. The predicted molar refractivity (Wildman–Crippen MR) is 90.4 cm³/mol. The monoisotopic (exact) mass is 318 g/mol. The van der Waals surface area contributed by atoms with Crippen LogP contribution in [0.2, 0.25) is 0 Å². The van der Waals surface area contributed by atoms with Gasteiger partial charge in [-0.2, -0.15) is 0 Å². The van der Waals surface area contributed by atoms with E-state index in [9.17, 15) is 9.50 Å². The van der Waals surface area contributed by atoms with Crippen molar-refractivity contribution in [1.82, 2.24) is 4.98 Å². The van der Waals surface area contributed by atoms with Crippen molar-refractivity contribution in [2.75, 3.05) is 6.54 Å². The number of fused-ring (bicyclic) bond motifs is 1. The fourth-order valence-electron chi connectivity index (χ4n) is 2.13. The summed E-state index contributed by atoms with van der Waals surface area (Å²) >= 11 is 1.35. The molecule has 3 rings (SSSR count). The van der Waals surface area contributed by atoms with Gasteiger partial charge in [0.25, 0.3) is 0 Å². The number of pyridine rings is 1. The average Bonchev–Trinajstić information content (AvgIpc) is 3.01. The minimum absolute atomic E-state index is 0.121. The molecule has 1 aromatic carbocycles. The zero-order valence-electron chi connectivity index (χ0n) is 12.6. The zero-order chi connectivity index (χ0) is 16.1. The third-order valence-corrected chi connectivity index (χ3v) is 4.17. The first-order valence-electron chi connectivity index (χ1n) is 7.22. The quantitative estimate of drug-likeness (QED) is 0.763. The highest BCUT2D eigenvalue weighted by molar-refractivity contribution is 7.17. The van der Waals surface area contributed by atoms with Gasteiger partial charge in [-0.1, -0.05) is 32.0 Å². The van der Waals surface area contributed by atoms with Crippen LogP contribution in [0.5, 0.6) is 0 Å². The first-order valence-corrected chi connectivity index (χ1v) is 8.10. The Labute approximate surface area is 133 Å². The third kappa shape index (κ3) is 3.16. The van der Waals surface area contributed by atoms with Crippen LogP contribution < -0.4 is 5.73 Å². The Bertz CT molecular complexity index is 757. The second kappa shape index (κ2) is 7.45. The van der Waals surface area contributed by atoms with Crippen molar-refractivity contribution >= 4 is 21.4 Å². The molecule has 0 aliphatic carbocycles. The van der Waals surface area contributed by atoms with Gasteiger partial charge in [-0.3, -0.25) is 0 Å². The SMILES string of the molecule is CC.NCC(O)c1cccc(-c2csc3c(F)cccc23)n1. The molecule has 0 amide bonds. The molecule has 3 N–H and O–H groups in total. The van der Waals surface area contributed by atoms with Crippen molar-refractivity contribution in [2.24, 2.45) is 5.73 Å². The zero-order valence-corrected chi connectivity index (χ0v) is 13.4. The van der Waals surface area contributed by atoms with Crippen LogP contribution in [-0.2, 0) is 0 Å². The number of rotatable bonds is 3. The molecule has 0 spiro atoms. The van der Waals surface area contributed by atoms with Crippen molar-refractivity contribution in [3.05, 3.63) is 53.3 Å². The van der Waals surface area contributed by atoms with Gasteiger partial charge >= 0.3 is 0 Å². The van der Waals surface area contributed by atoms with Gasteiger partial charge in [0.2, 0.25) is 0 Å². The summed E-state index contributed by atoms with van der Waals surface area (Å²) in [6.07, 6.45) is -0.781. The Morgan fingerprint density at radius 1 is 1.23 bits per heavy atom. The molecule has 116 valence electrons. The minimum atomic E-state index is -0.781. The van der Waals surface area contributed by atoms with Crippen LogP contribution >= 0.6 is 11.3 Å². The summed E-state index contributed by atoms with van der Waals surface area (Å²) in [6, 6.07) is 10.4. The third-order valence-electron chi connectivity index (χ3n) is 3.16. The number of hydrogen-bond acceptors (Lipinski definition) is 4. The average molecular weight is 318 g/mol. The Morgan fingerprint density at radius 2 is 1.95 bits per heavy atom. The summed E-state index contributed by atoms with van der Waals surface area (Å²) < 4.78 is 14.3. The fourth-order valence-corrected chi connectivity index (χ4v) is 3.10. The van der Waals surface area contributed by atoms with Gasteiger partial charge in [-0.15, -0.1) is 11.3 Å². The second-order valence-electron chi connectivity index (χ2n) is 4.47. The highest BCUT2D eigenvalue weighted by Crippen LogP contribution is 2.34. The lowest BCUT2D eigenvalue weighted by atomic mass is 10.1. The molecule has 0 fully saturated rings. The number of nitrogens with two attached hydrogens (primary N) is 1. The highest BCUT2D eigenvalue weighted by Gasteiger charge is 2.12. The maximum Gasteiger partial charge on any atom is 0.141 e. The number of hydrogen-bond donors (Lipinski definition) is 2. The van der Waals surface area contributed by atoms with E-state index in [1.165, 1.54) is 17.4 Å². The first-order chi connectivity index (χ1) is 10.7. The van der Waals surface area contributed by atoms with Crippen molar-refractivity contribution in [1.29, 1.82) is 0 Å². The number of halogens is 1. The van der Waals surface area contributed by atoms with Crippen molar-refractivity contribution < 1.29 is 9.50 Å². The number of benzene rings is 1. The van der Waals surface area contributed by atoms with Gasteiger partial charge < -0.3 is 10.8 Å². The largest absolute Gasteiger partial charge is 0.385 e. The van der Waals surface area contributed by atoms with E-state index in [4.69, 9.17) is 5.73 Å². The van der Waals surface area contributed by atoms with Crippen LogP contribution in [0.25, 0.3) is 21.3 Å². The van der Waals surface area contributed by atoms with E-state index in [1.807, 2.05) is 37.4 Å². The van der Waals surface area contributed by atoms with E-state index in [2.05, 4.69) is 4.98 Å².